The lowest BCUT2D eigenvalue weighted by molar-refractivity contribution is 0.504. The van der Waals surface area contributed by atoms with E-state index in [9.17, 15) is 14.4 Å². The van der Waals surface area contributed by atoms with Gasteiger partial charge in [0.05, 0.1) is 21.2 Å². The van der Waals surface area contributed by atoms with Crippen molar-refractivity contribution in [3.8, 4) is 0 Å². The Morgan fingerprint density at radius 2 is 1.14 bits per heavy atom. The molecule has 0 aliphatic heterocycles. The quantitative estimate of drug-likeness (QED) is 0.350. The third kappa shape index (κ3) is 5.80. The van der Waals surface area contributed by atoms with Crippen molar-refractivity contribution in [1.29, 1.82) is 0 Å². The Hall–Kier alpha value is -1.89. The summed E-state index contributed by atoms with van der Waals surface area (Å²) in [6, 6.07) is 3.33. The van der Waals surface area contributed by atoms with Gasteiger partial charge in [-0.25, -0.2) is 28.1 Å². The Labute approximate surface area is 169 Å². The van der Waals surface area contributed by atoms with Crippen molar-refractivity contribution in [2.75, 3.05) is 0 Å². The average molecular weight is 408 g/mol. The van der Waals surface area contributed by atoms with Gasteiger partial charge in [-0.2, -0.15) is 0 Å². The molecule has 1 heterocycles. The second-order valence-corrected chi connectivity index (χ2v) is 12.5. The standard InChI is InChI=1S/C21H37N3O3Si/c1-6-11-16-28(15-10-5,17-12-7-2)18-24-20(26)22(13-8-3)19(25)23(14-9-4)21(24)27/h8-9H,3-4,6-7,10-18H2,1-2,5H3. The average Bonchev–Trinajstić information content (AvgIpc) is 2.68. The lowest BCUT2D eigenvalue weighted by Gasteiger charge is -2.32. The zero-order chi connectivity index (χ0) is 21.2. The first-order valence-corrected chi connectivity index (χ1v) is 13.4. The zero-order valence-electron chi connectivity index (χ0n) is 17.9. The van der Waals surface area contributed by atoms with Crippen LogP contribution in [0, 0.1) is 0 Å². The molecule has 0 aliphatic carbocycles. The first-order chi connectivity index (χ1) is 13.4. The second kappa shape index (κ2) is 11.8. The van der Waals surface area contributed by atoms with Crippen molar-refractivity contribution in [1.82, 2.24) is 13.7 Å². The normalized spacial score (nSPS) is 11.5. The van der Waals surface area contributed by atoms with Crippen molar-refractivity contribution >= 4 is 8.07 Å². The summed E-state index contributed by atoms with van der Waals surface area (Å²) < 4.78 is 3.56. The van der Waals surface area contributed by atoms with E-state index in [0.29, 0.717) is 6.17 Å². The molecule has 1 aromatic heterocycles. The second-order valence-electron chi connectivity index (χ2n) is 7.69. The minimum Gasteiger partial charge on any atom is -0.248 e. The molecule has 0 N–H and O–H groups in total. The monoisotopic (exact) mass is 407 g/mol. The SMILES string of the molecule is C=CCn1c(=O)n(CC=C)c(=O)n(C[Si](CCC)(CCCC)CCCC)c1=O. The predicted molar refractivity (Wildman–Crippen MR) is 120 cm³/mol. The van der Waals surface area contributed by atoms with Gasteiger partial charge in [0, 0.05) is 6.17 Å². The molecule has 0 fully saturated rings. The van der Waals surface area contributed by atoms with Gasteiger partial charge in [-0.1, -0.05) is 83.2 Å². The first-order valence-electron chi connectivity index (χ1n) is 10.6. The van der Waals surface area contributed by atoms with Crippen LogP contribution in [-0.4, -0.2) is 21.8 Å². The maximum Gasteiger partial charge on any atom is 0.336 e. The van der Waals surface area contributed by atoms with Gasteiger partial charge < -0.3 is 0 Å². The van der Waals surface area contributed by atoms with E-state index in [4.69, 9.17) is 0 Å². The fourth-order valence-electron chi connectivity index (χ4n) is 3.97. The highest BCUT2D eigenvalue weighted by atomic mass is 28.3. The van der Waals surface area contributed by atoms with Crippen LogP contribution < -0.4 is 17.1 Å². The molecule has 0 aliphatic rings. The number of unbranched alkanes of at least 4 members (excludes halogenated alkanes) is 2. The molecular formula is C21H37N3O3Si. The maximum absolute atomic E-state index is 13.0. The molecule has 0 aromatic carbocycles. The van der Waals surface area contributed by atoms with E-state index in [1.54, 1.807) is 0 Å². The Morgan fingerprint density at radius 1 is 0.714 bits per heavy atom. The lowest BCUT2D eigenvalue weighted by Crippen LogP contribution is -2.57. The van der Waals surface area contributed by atoms with E-state index in [0.717, 1.165) is 59.4 Å². The molecule has 28 heavy (non-hydrogen) atoms. The largest absolute Gasteiger partial charge is 0.336 e. The molecule has 0 unspecified atom stereocenters. The van der Waals surface area contributed by atoms with Crippen molar-refractivity contribution in [2.24, 2.45) is 0 Å². The van der Waals surface area contributed by atoms with Gasteiger partial charge in [-0.3, -0.25) is 0 Å². The van der Waals surface area contributed by atoms with E-state index in [-0.39, 0.29) is 13.1 Å². The number of allylic oxidation sites excluding steroid dienone is 2. The van der Waals surface area contributed by atoms with E-state index in [2.05, 4.69) is 33.9 Å². The van der Waals surface area contributed by atoms with E-state index in [1.165, 1.54) is 16.7 Å². The summed E-state index contributed by atoms with van der Waals surface area (Å²) in [7, 11) is -1.87. The smallest absolute Gasteiger partial charge is 0.248 e. The topological polar surface area (TPSA) is 66.0 Å². The minimum atomic E-state index is -1.87. The summed E-state index contributed by atoms with van der Waals surface area (Å²) in [5.74, 6) is 0. The molecule has 1 aromatic rings. The Bertz CT molecular complexity index is 763. The minimum absolute atomic E-state index is 0.0986. The number of aromatic nitrogens is 3. The molecule has 0 saturated heterocycles. The fraction of sp³-hybridized carbons (Fsp3) is 0.667. The molecule has 0 saturated carbocycles. The molecular weight excluding hydrogens is 370 g/mol. The van der Waals surface area contributed by atoms with Crippen LogP contribution in [0.5, 0.6) is 0 Å². The van der Waals surface area contributed by atoms with Gasteiger partial charge in [-0.05, 0) is 0 Å². The van der Waals surface area contributed by atoms with Crippen LogP contribution in [0.15, 0.2) is 39.7 Å². The van der Waals surface area contributed by atoms with Gasteiger partial charge in [0.2, 0.25) is 0 Å². The van der Waals surface area contributed by atoms with Gasteiger partial charge in [0.15, 0.2) is 0 Å². The highest BCUT2D eigenvalue weighted by Gasteiger charge is 2.33. The van der Waals surface area contributed by atoms with Gasteiger partial charge in [-0.15, -0.1) is 13.2 Å². The van der Waals surface area contributed by atoms with Crippen LogP contribution in [0.1, 0.15) is 52.9 Å². The van der Waals surface area contributed by atoms with Crippen LogP contribution in [0.3, 0.4) is 0 Å². The molecule has 0 bridgehead atoms. The van der Waals surface area contributed by atoms with Gasteiger partial charge in [0.1, 0.15) is 0 Å². The number of rotatable bonds is 14. The van der Waals surface area contributed by atoms with Crippen LogP contribution in [0.25, 0.3) is 0 Å². The molecule has 0 radical (unpaired) electrons. The summed E-state index contributed by atoms with van der Waals surface area (Å²) in [6.45, 7) is 14.0. The van der Waals surface area contributed by atoms with E-state index in [1.807, 2.05) is 0 Å². The highest BCUT2D eigenvalue weighted by molar-refractivity contribution is 6.78. The Balaban J connectivity index is 3.62. The third-order valence-electron chi connectivity index (χ3n) is 5.40. The van der Waals surface area contributed by atoms with Crippen LogP contribution >= 0.6 is 0 Å². The lowest BCUT2D eigenvalue weighted by atomic mass is 10.4. The molecule has 158 valence electrons. The maximum atomic E-state index is 13.0. The van der Waals surface area contributed by atoms with E-state index < -0.39 is 25.1 Å². The van der Waals surface area contributed by atoms with Gasteiger partial charge >= 0.3 is 17.1 Å². The first kappa shape index (κ1) is 24.1. The van der Waals surface area contributed by atoms with Crippen molar-refractivity contribution < 1.29 is 0 Å². The molecule has 0 amide bonds. The summed E-state index contributed by atoms with van der Waals surface area (Å²) in [4.78, 5) is 38.7. The summed E-state index contributed by atoms with van der Waals surface area (Å²) >= 11 is 0. The van der Waals surface area contributed by atoms with Crippen LogP contribution in [0.4, 0.5) is 0 Å². The number of nitrogens with zero attached hydrogens (tertiary/aromatic N) is 3. The highest BCUT2D eigenvalue weighted by Crippen LogP contribution is 2.28. The molecule has 0 spiro atoms. The van der Waals surface area contributed by atoms with Gasteiger partial charge in [0.25, 0.3) is 0 Å². The van der Waals surface area contributed by atoms with Crippen LogP contribution in [0.2, 0.25) is 18.1 Å². The summed E-state index contributed by atoms with van der Waals surface area (Å²) in [6.07, 6.45) is 9.04. The fourth-order valence-corrected chi connectivity index (χ4v) is 9.40. The number of hydrogen-bond donors (Lipinski definition) is 0. The van der Waals surface area contributed by atoms with Crippen molar-refractivity contribution in [3.05, 3.63) is 56.8 Å². The van der Waals surface area contributed by atoms with Crippen molar-refractivity contribution in [2.45, 2.75) is 90.3 Å². The predicted octanol–water partition coefficient (Wildman–Crippen LogP) is 3.54. The van der Waals surface area contributed by atoms with Crippen LogP contribution in [-0.2, 0) is 19.3 Å². The summed E-state index contributed by atoms with van der Waals surface area (Å²) in [5.41, 5.74) is -1.59. The molecule has 0 atom stereocenters. The number of hydrogen-bond acceptors (Lipinski definition) is 3. The Kier molecular flexibility index (Phi) is 10.2. The molecule has 6 nitrogen and oxygen atoms in total. The Morgan fingerprint density at radius 3 is 1.50 bits per heavy atom. The van der Waals surface area contributed by atoms with Crippen molar-refractivity contribution in [3.63, 3.8) is 0 Å². The molecule has 7 heteroatoms. The third-order valence-corrected chi connectivity index (χ3v) is 10.8. The van der Waals surface area contributed by atoms with E-state index >= 15 is 0 Å². The molecule has 1 rings (SSSR count). The summed E-state index contributed by atoms with van der Waals surface area (Å²) in [5, 5.41) is 0. The zero-order valence-corrected chi connectivity index (χ0v) is 18.9.